The molecule has 4 heteroatoms. The third kappa shape index (κ3) is 3.84. The Morgan fingerprint density at radius 2 is 1.94 bits per heavy atom. The van der Waals surface area contributed by atoms with Gasteiger partial charge in [-0.3, -0.25) is 0 Å². The van der Waals surface area contributed by atoms with Gasteiger partial charge in [0, 0.05) is 13.1 Å². The minimum Gasteiger partial charge on any atom is -0.479 e. The van der Waals surface area contributed by atoms with Crippen molar-refractivity contribution in [3.63, 3.8) is 0 Å². The lowest BCUT2D eigenvalue weighted by molar-refractivity contribution is -0.156. The van der Waals surface area contributed by atoms with Crippen molar-refractivity contribution in [2.45, 2.75) is 32.4 Å². The van der Waals surface area contributed by atoms with Gasteiger partial charge in [0.25, 0.3) is 0 Å². The van der Waals surface area contributed by atoms with Crippen LogP contribution in [0.25, 0.3) is 0 Å². The molecule has 1 aromatic carbocycles. The van der Waals surface area contributed by atoms with Crippen LogP contribution in [0.4, 0.5) is 0 Å². The number of benzene rings is 1. The largest absolute Gasteiger partial charge is 0.479 e. The van der Waals surface area contributed by atoms with E-state index in [1.807, 2.05) is 24.3 Å². The molecule has 0 saturated carbocycles. The first-order valence-electron chi connectivity index (χ1n) is 5.70. The van der Waals surface area contributed by atoms with E-state index in [9.17, 15) is 9.90 Å². The van der Waals surface area contributed by atoms with Gasteiger partial charge in [0.15, 0.2) is 5.60 Å². The van der Waals surface area contributed by atoms with Gasteiger partial charge < -0.3 is 15.5 Å². The number of aliphatic carboxylic acids is 1. The molecule has 0 spiro atoms. The highest BCUT2D eigenvalue weighted by atomic mass is 16.4. The minimum atomic E-state index is -1.72. The number of rotatable bonds is 6. The van der Waals surface area contributed by atoms with Crippen molar-refractivity contribution in [2.24, 2.45) is 0 Å². The second kappa shape index (κ2) is 5.80. The van der Waals surface area contributed by atoms with Crippen LogP contribution in [0.5, 0.6) is 0 Å². The van der Waals surface area contributed by atoms with E-state index in [0.717, 1.165) is 12.0 Å². The lowest BCUT2D eigenvalue weighted by Crippen LogP contribution is -2.44. The van der Waals surface area contributed by atoms with Gasteiger partial charge in [-0.1, -0.05) is 31.2 Å². The third-order valence-corrected chi connectivity index (χ3v) is 2.74. The highest BCUT2D eigenvalue weighted by molar-refractivity contribution is 5.76. The Kier molecular flexibility index (Phi) is 4.66. The molecule has 0 aliphatic rings. The maximum absolute atomic E-state index is 10.7. The zero-order valence-corrected chi connectivity index (χ0v) is 10.2. The van der Waals surface area contributed by atoms with Crippen molar-refractivity contribution in [2.75, 3.05) is 6.54 Å². The SMILES string of the molecule is CCc1ccccc1CNCC(C)(O)C(=O)O. The zero-order valence-electron chi connectivity index (χ0n) is 10.2. The van der Waals surface area contributed by atoms with Crippen LogP contribution >= 0.6 is 0 Å². The second-order valence-electron chi connectivity index (χ2n) is 4.30. The van der Waals surface area contributed by atoms with Crippen molar-refractivity contribution in [1.82, 2.24) is 5.32 Å². The van der Waals surface area contributed by atoms with E-state index in [2.05, 4.69) is 12.2 Å². The third-order valence-electron chi connectivity index (χ3n) is 2.74. The molecule has 0 saturated heterocycles. The van der Waals surface area contributed by atoms with Crippen molar-refractivity contribution in [3.8, 4) is 0 Å². The van der Waals surface area contributed by atoms with Crippen LogP contribution in [0.15, 0.2) is 24.3 Å². The summed E-state index contributed by atoms with van der Waals surface area (Å²) in [5.41, 5.74) is 0.646. The van der Waals surface area contributed by atoms with Crippen molar-refractivity contribution in [3.05, 3.63) is 35.4 Å². The average molecular weight is 237 g/mol. The molecule has 1 atom stereocenters. The van der Waals surface area contributed by atoms with E-state index in [-0.39, 0.29) is 6.54 Å². The molecule has 4 nitrogen and oxygen atoms in total. The molecular weight excluding hydrogens is 218 g/mol. The topological polar surface area (TPSA) is 69.6 Å². The highest BCUT2D eigenvalue weighted by Crippen LogP contribution is 2.09. The maximum atomic E-state index is 10.7. The van der Waals surface area contributed by atoms with Crippen LogP contribution in [0.2, 0.25) is 0 Å². The minimum absolute atomic E-state index is 0.0282. The van der Waals surface area contributed by atoms with Crippen LogP contribution in [0.1, 0.15) is 25.0 Å². The number of aliphatic hydroxyl groups is 1. The van der Waals surface area contributed by atoms with Crippen LogP contribution < -0.4 is 5.32 Å². The molecule has 1 unspecified atom stereocenters. The standard InChI is InChI=1S/C13H19NO3/c1-3-10-6-4-5-7-11(10)8-14-9-13(2,17)12(15)16/h4-7,14,17H,3,8-9H2,1-2H3,(H,15,16). The Labute approximate surface area is 101 Å². The summed E-state index contributed by atoms with van der Waals surface area (Å²) in [7, 11) is 0. The van der Waals surface area contributed by atoms with E-state index in [1.165, 1.54) is 12.5 Å². The molecule has 1 rings (SSSR count). The van der Waals surface area contributed by atoms with Gasteiger partial charge in [-0.2, -0.15) is 0 Å². The first-order chi connectivity index (χ1) is 7.97. The molecule has 0 aromatic heterocycles. The lowest BCUT2D eigenvalue weighted by atomic mass is 10.0. The number of hydrogen-bond acceptors (Lipinski definition) is 3. The van der Waals surface area contributed by atoms with Gasteiger partial charge in [-0.05, 0) is 24.5 Å². The molecule has 0 fully saturated rings. The fraction of sp³-hybridized carbons (Fsp3) is 0.462. The second-order valence-corrected chi connectivity index (χ2v) is 4.30. The Morgan fingerprint density at radius 3 is 2.47 bits per heavy atom. The van der Waals surface area contributed by atoms with E-state index in [0.29, 0.717) is 6.54 Å². The number of nitrogens with one attached hydrogen (secondary N) is 1. The van der Waals surface area contributed by atoms with Crippen LogP contribution in [-0.4, -0.2) is 28.3 Å². The van der Waals surface area contributed by atoms with E-state index >= 15 is 0 Å². The Bertz CT molecular complexity index is 388. The van der Waals surface area contributed by atoms with E-state index in [4.69, 9.17) is 5.11 Å². The molecule has 0 amide bonds. The Hall–Kier alpha value is -1.39. The molecule has 0 aliphatic heterocycles. The normalized spacial score (nSPS) is 14.3. The first kappa shape index (κ1) is 13.7. The van der Waals surface area contributed by atoms with Gasteiger partial charge in [0.2, 0.25) is 0 Å². The predicted molar refractivity (Wildman–Crippen MR) is 65.8 cm³/mol. The average Bonchev–Trinajstić information content (AvgIpc) is 2.29. The summed E-state index contributed by atoms with van der Waals surface area (Å²) in [5, 5.41) is 21.3. The van der Waals surface area contributed by atoms with Gasteiger partial charge in [0.1, 0.15) is 0 Å². The fourth-order valence-corrected chi connectivity index (χ4v) is 1.59. The monoisotopic (exact) mass is 237 g/mol. The van der Waals surface area contributed by atoms with Crippen molar-refractivity contribution < 1.29 is 15.0 Å². The Balaban J connectivity index is 2.54. The molecule has 0 radical (unpaired) electrons. The van der Waals surface area contributed by atoms with Crippen molar-refractivity contribution >= 4 is 5.97 Å². The summed E-state index contributed by atoms with van der Waals surface area (Å²) in [6.45, 7) is 3.95. The molecule has 0 bridgehead atoms. The predicted octanol–water partition coefficient (Wildman–Crippen LogP) is 1.17. The van der Waals surface area contributed by atoms with Gasteiger partial charge in [-0.25, -0.2) is 4.79 Å². The molecule has 1 aromatic rings. The van der Waals surface area contributed by atoms with E-state index < -0.39 is 11.6 Å². The number of aryl methyl sites for hydroxylation is 1. The summed E-state index contributed by atoms with van der Waals surface area (Å²) in [6, 6.07) is 7.98. The van der Waals surface area contributed by atoms with Gasteiger partial charge >= 0.3 is 5.97 Å². The van der Waals surface area contributed by atoms with Crippen LogP contribution in [0.3, 0.4) is 0 Å². The fourth-order valence-electron chi connectivity index (χ4n) is 1.59. The molecule has 0 heterocycles. The molecular formula is C13H19NO3. The summed E-state index contributed by atoms with van der Waals surface area (Å²) < 4.78 is 0. The quantitative estimate of drug-likeness (QED) is 0.694. The zero-order chi connectivity index (χ0) is 12.9. The van der Waals surface area contributed by atoms with Gasteiger partial charge in [-0.15, -0.1) is 0 Å². The van der Waals surface area contributed by atoms with E-state index in [1.54, 1.807) is 0 Å². The van der Waals surface area contributed by atoms with Crippen LogP contribution in [-0.2, 0) is 17.8 Å². The van der Waals surface area contributed by atoms with Crippen LogP contribution in [0, 0.1) is 0 Å². The molecule has 94 valence electrons. The first-order valence-corrected chi connectivity index (χ1v) is 5.70. The number of carboxylic acid groups (broad SMARTS) is 1. The summed E-state index contributed by atoms with van der Waals surface area (Å²) >= 11 is 0. The number of carboxylic acids is 1. The maximum Gasteiger partial charge on any atom is 0.336 e. The van der Waals surface area contributed by atoms with Gasteiger partial charge in [0.05, 0.1) is 0 Å². The smallest absolute Gasteiger partial charge is 0.336 e. The number of hydrogen-bond donors (Lipinski definition) is 3. The summed E-state index contributed by atoms with van der Waals surface area (Å²) in [4.78, 5) is 10.7. The molecule has 17 heavy (non-hydrogen) atoms. The lowest BCUT2D eigenvalue weighted by Gasteiger charge is -2.19. The summed E-state index contributed by atoms with van der Waals surface area (Å²) in [6.07, 6.45) is 0.938. The summed E-state index contributed by atoms with van der Waals surface area (Å²) in [5.74, 6) is -1.21. The highest BCUT2D eigenvalue weighted by Gasteiger charge is 2.29. The molecule has 0 aliphatic carbocycles. The number of carbonyl (C=O) groups is 1. The Morgan fingerprint density at radius 1 is 1.35 bits per heavy atom. The molecule has 3 N–H and O–H groups in total. The van der Waals surface area contributed by atoms with Crippen molar-refractivity contribution in [1.29, 1.82) is 0 Å².